The van der Waals surface area contributed by atoms with Crippen LogP contribution in [0.15, 0.2) is 5.10 Å². The minimum Gasteiger partial charge on any atom is -0.350 e. The van der Waals surface area contributed by atoms with Crippen molar-refractivity contribution < 1.29 is 4.79 Å². The molecule has 0 aromatic heterocycles. The first-order valence-corrected chi connectivity index (χ1v) is 2.47. The number of nitrogens with one attached hydrogen (secondary N) is 1. The third kappa shape index (κ3) is 6.90. The molecule has 0 fully saturated rings. The summed E-state index contributed by atoms with van der Waals surface area (Å²) < 4.78 is 0. The monoisotopic (exact) mass is 130 g/mol. The van der Waals surface area contributed by atoms with Crippen LogP contribution in [-0.4, -0.2) is 18.3 Å². The van der Waals surface area contributed by atoms with Gasteiger partial charge in [-0.3, -0.25) is 0 Å². The van der Waals surface area contributed by atoms with Crippen LogP contribution in [-0.2, 0) is 0 Å². The molecule has 5 nitrogen and oxygen atoms in total. The molecule has 2 amide bonds. The highest BCUT2D eigenvalue weighted by molar-refractivity contribution is 5.73. The van der Waals surface area contributed by atoms with Gasteiger partial charge in [-0.2, -0.15) is 5.10 Å². The Hall–Kier alpha value is -1.10. The van der Waals surface area contributed by atoms with E-state index < -0.39 is 6.03 Å². The van der Waals surface area contributed by atoms with Crippen molar-refractivity contribution in [2.24, 2.45) is 16.6 Å². The van der Waals surface area contributed by atoms with E-state index in [1.807, 2.05) is 5.43 Å². The average molecular weight is 130 g/mol. The minimum atomic E-state index is -0.688. The first kappa shape index (κ1) is 7.90. The molecular formula is C4H10N4O. The Morgan fingerprint density at radius 3 is 2.78 bits per heavy atom. The molecule has 0 aromatic carbocycles. The molecule has 0 saturated heterocycles. The summed E-state index contributed by atoms with van der Waals surface area (Å²) in [7, 11) is 0. The van der Waals surface area contributed by atoms with Crippen LogP contribution in [0.5, 0.6) is 0 Å². The third-order valence-corrected chi connectivity index (χ3v) is 0.484. The fourth-order valence-corrected chi connectivity index (χ4v) is 0.218. The van der Waals surface area contributed by atoms with Crippen molar-refractivity contribution in [2.75, 3.05) is 0 Å². The summed E-state index contributed by atoms with van der Waals surface area (Å²) in [6, 6.07) is -0.858. The Kier molecular flexibility index (Phi) is 3.38. The number of hydrogen-bond acceptors (Lipinski definition) is 3. The van der Waals surface area contributed by atoms with E-state index in [0.29, 0.717) is 0 Å². The lowest BCUT2D eigenvalue weighted by Gasteiger charge is -1.92. The Morgan fingerprint density at radius 1 is 1.89 bits per heavy atom. The van der Waals surface area contributed by atoms with E-state index in [9.17, 15) is 4.79 Å². The maximum absolute atomic E-state index is 9.94. The molecule has 52 valence electrons. The molecule has 0 aromatic rings. The number of nitrogens with zero attached hydrogens (tertiary/aromatic N) is 1. The summed E-state index contributed by atoms with van der Waals surface area (Å²) in [5.41, 5.74) is 11.9. The largest absolute Gasteiger partial charge is 0.350 e. The number of nitrogens with two attached hydrogens (primary N) is 2. The number of rotatable bonds is 2. The van der Waals surface area contributed by atoms with Crippen LogP contribution < -0.4 is 16.9 Å². The molecule has 0 rings (SSSR count). The van der Waals surface area contributed by atoms with Gasteiger partial charge in [-0.15, -0.1) is 0 Å². The number of hydrazone groups is 1. The van der Waals surface area contributed by atoms with E-state index in [4.69, 9.17) is 5.73 Å². The van der Waals surface area contributed by atoms with Crippen LogP contribution in [0.2, 0.25) is 0 Å². The van der Waals surface area contributed by atoms with Gasteiger partial charge in [0.05, 0.1) is 0 Å². The number of carbonyl (C=O) groups is 1. The van der Waals surface area contributed by atoms with Gasteiger partial charge in [-0.25, -0.2) is 10.2 Å². The van der Waals surface area contributed by atoms with Gasteiger partial charge in [0.15, 0.2) is 0 Å². The fourth-order valence-electron chi connectivity index (χ4n) is 0.218. The van der Waals surface area contributed by atoms with Crippen LogP contribution in [0, 0.1) is 0 Å². The molecule has 0 aliphatic carbocycles. The number of amides is 2. The molecule has 9 heavy (non-hydrogen) atoms. The molecule has 5 N–H and O–H groups in total. The number of carbonyl (C=O) groups excluding carboxylic acids is 1. The lowest BCUT2D eigenvalue weighted by Crippen LogP contribution is -2.26. The lowest BCUT2D eigenvalue weighted by molar-refractivity contribution is 0.249. The van der Waals surface area contributed by atoms with Gasteiger partial charge in [-0.05, 0) is 6.92 Å². The van der Waals surface area contributed by atoms with Crippen molar-refractivity contribution in [3.8, 4) is 0 Å². The van der Waals surface area contributed by atoms with Gasteiger partial charge in [0, 0.05) is 12.3 Å². The average Bonchev–Trinajstić information content (AvgIpc) is 1.63. The van der Waals surface area contributed by atoms with Crippen molar-refractivity contribution in [2.45, 2.75) is 13.0 Å². The first-order valence-electron chi connectivity index (χ1n) is 2.47. The Balaban J connectivity index is 3.36. The van der Waals surface area contributed by atoms with E-state index in [0.717, 1.165) is 0 Å². The SMILES string of the molecule is C[C@H](N)C=NNC(N)=O. The van der Waals surface area contributed by atoms with Gasteiger partial charge >= 0.3 is 6.03 Å². The normalized spacial score (nSPS) is 13.6. The van der Waals surface area contributed by atoms with Crippen LogP contribution >= 0.6 is 0 Å². The zero-order valence-corrected chi connectivity index (χ0v) is 5.16. The maximum Gasteiger partial charge on any atom is 0.332 e. The van der Waals surface area contributed by atoms with E-state index in [-0.39, 0.29) is 6.04 Å². The zero-order chi connectivity index (χ0) is 7.28. The zero-order valence-electron chi connectivity index (χ0n) is 5.16. The Morgan fingerprint density at radius 2 is 2.44 bits per heavy atom. The van der Waals surface area contributed by atoms with Crippen LogP contribution in [0.4, 0.5) is 4.79 Å². The number of hydrogen-bond donors (Lipinski definition) is 3. The van der Waals surface area contributed by atoms with Crippen molar-refractivity contribution in [3.05, 3.63) is 0 Å². The summed E-state index contributed by atoms with van der Waals surface area (Å²) in [6.45, 7) is 1.73. The minimum absolute atomic E-state index is 0.170. The van der Waals surface area contributed by atoms with Crippen molar-refractivity contribution in [1.29, 1.82) is 0 Å². The molecule has 0 radical (unpaired) electrons. The second kappa shape index (κ2) is 3.85. The van der Waals surface area contributed by atoms with Gasteiger partial charge in [-0.1, -0.05) is 0 Å². The summed E-state index contributed by atoms with van der Waals surface area (Å²) in [6.07, 6.45) is 1.38. The van der Waals surface area contributed by atoms with E-state index in [1.54, 1.807) is 6.92 Å². The van der Waals surface area contributed by atoms with Crippen LogP contribution in [0.3, 0.4) is 0 Å². The third-order valence-electron chi connectivity index (χ3n) is 0.484. The van der Waals surface area contributed by atoms with Crippen LogP contribution in [0.25, 0.3) is 0 Å². The molecule has 1 atom stereocenters. The Labute approximate surface area is 53.1 Å². The summed E-state index contributed by atoms with van der Waals surface area (Å²) in [5, 5.41) is 3.40. The molecular weight excluding hydrogens is 120 g/mol. The quantitative estimate of drug-likeness (QED) is 0.330. The van der Waals surface area contributed by atoms with Crippen molar-refractivity contribution in [3.63, 3.8) is 0 Å². The summed E-state index contributed by atoms with van der Waals surface area (Å²) in [4.78, 5) is 9.94. The van der Waals surface area contributed by atoms with Crippen LogP contribution in [0.1, 0.15) is 6.92 Å². The second-order valence-corrected chi connectivity index (χ2v) is 1.61. The second-order valence-electron chi connectivity index (χ2n) is 1.61. The molecule has 0 spiro atoms. The lowest BCUT2D eigenvalue weighted by atomic mass is 10.4. The predicted octanol–water partition coefficient (Wildman–Crippen LogP) is -1.01. The highest BCUT2D eigenvalue weighted by Gasteiger charge is 1.85. The summed E-state index contributed by atoms with van der Waals surface area (Å²) >= 11 is 0. The summed E-state index contributed by atoms with van der Waals surface area (Å²) in [5.74, 6) is 0. The predicted molar refractivity (Wildman–Crippen MR) is 34.9 cm³/mol. The Bertz CT molecular complexity index is 120. The van der Waals surface area contributed by atoms with E-state index >= 15 is 0 Å². The van der Waals surface area contributed by atoms with Crippen molar-refractivity contribution in [1.82, 2.24) is 5.43 Å². The molecule has 0 aliphatic heterocycles. The van der Waals surface area contributed by atoms with E-state index in [1.165, 1.54) is 6.21 Å². The first-order chi connectivity index (χ1) is 4.13. The van der Waals surface area contributed by atoms with Gasteiger partial charge in [0.1, 0.15) is 0 Å². The van der Waals surface area contributed by atoms with Gasteiger partial charge in [0.2, 0.25) is 0 Å². The van der Waals surface area contributed by atoms with Crippen molar-refractivity contribution >= 4 is 12.2 Å². The smallest absolute Gasteiger partial charge is 0.332 e. The molecule has 0 unspecified atom stereocenters. The number of urea groups is 1. The molecule has 0 aliphatic rings. The molecule has 5 heteroatoms. The van der Waals surface area contributed by atoms with E-state index in [2.05, 4.69) is 10.8 Å². The topological polar surface area (TPSA) is 93.5 Å². The van der Waals surface area contributed by atoms with Gasteiger partial charge in [0.25, 0.3) is 0 Å². The number of primary amides is 1. The van der Waals surface area contributed by atoms with Gasteiger partial charge < -0.3 is 11.5 Å². The molecule has 0 saturated carbocycles. The molecule has 0 bridgehead atoms. The highest BCUT2D eigenvalue weighted by Crippen LogP contribution is 1.64. The highest BCUT2D eigenvalue weighted by atomic mass is 16.2. The maximum atomic E-state index is 9.94. The fraction of sp³-hybridized carbons (Fsp3) is 0.500. The standard InChI is InChI=1S/C4H10N4O/c1-3(5)2-7-8-4(6)9/h2-3H,5H2,1H3,(H3,6,8,9)/t3-/m0/s1. The molecule has 0 heterocycles.